The summed E-state index contributed by atoms with van der Waals surface area (Å²) < 4.78 is 27.0. The van der Waals surface area contributed by atoms with Crippen LogP contribution in [0.2, 0.25) is 0 Å². The molecule has 2 rings (SSSR count). The van der Waals surface area contributed by atoms with Crippen LogP contribution >= 0.6 is 22.7 Å². The number of aromatic nitrogens is 2. The number of sulfonamides is 1. The van der Waals surface area contributed by atoms with E-state index in [1.165, 1.54) is 16.8 Å². The highest BCUT2D eigenvalue weighted by atomic mass is 32.2. The maximum absolute atomic E-state index is 12.3. The number of anilines is 1. The molecule has 2 N–H and O–H groups in total. The zero-order valence-corrected chi connectivity index (χ0v) is 13.7. The monoisotopic (exact) mass is 332 g/mol. The third kappa shape index (κ3) is 3.75. The molecule has 0 aromatic carbocycles. The van der Waals surface area contributed by atoms with Crippen LogP contribution in [-0.2, 0) is 16.6 Å². The molecule has 110 valence electrons. The molecule has 0 fully saturated rings. The minimum absolute atomic E-state index is 0.279. The highest BCUT2D eigenvalue weighted by Gasteiger charge is 2.21. The van der Waals surface area contributed by atoms with Gasteiger partial charge in [-0.25, -0.2) is 8.42 Å². The minimum atomic E-state index is -3.58. The fourth-order valence-corrected chi connectivity index (χ4v) is 4.95. The lowest BCUT2D eigenvalue weighted by atomic mass is 10.4. The van der Waals surface area contributed by atoms with E-state index in [1.54, 1.807) is 6.07 Å². The molecule has 2 aromatic heterocycles. The van der Waals surface area contributed by atoms with Crippen LogP contribution in [0.3, 0.4) is 0 Å². The Kier molecular flexibility index (Phi) is 5.08. The molecule has 0 spiro atoms. The maximum Gasteiger partial charge on any atom is 0.264 e. The predicted molar refractivity (Wildman–Crippen MR) is 81.8 cm³/mol. The Morgan fingerprint density at radius 2 is 2.20 bits per heavy atom. The van der Waals surface area contributed by atoms with Gasteiger partial charge in [0.2, 0.25) is 5.13 Å². The van der Waals surface area contributed by atoms with Gasteiger partial charge in [-0.3, -0.25) is 4.72 Å². The van der Waals surface area contributed by atoms with Crippen LogP contribution in [0, 0.1) is 6.92 Å². The molecule has 9 heteroatoms. The van der Waals surface area contributed by atoms with Crippen LogP contribution in [0.25, 0.3) is 0 Å². The van der Waals surface area contributed by atoms with Gasteiger partial charge in [-0.1, -0.05) is 18.3 Å². The molecule has 2 aromatic rings. The Morgan fingerprint density at radius 1 is 1.40 bits per heavy atom. The second kappa shape index (κ2) is 6.61. The Labute approximate surface area is 126 Å². The van der Waals surface area contributed by atoms with E-state index in [-0.39, 0.29) is 5.13 Å². The van der Waals surface area contributed by atoms with Gasteiger partial charge in [-0.15, -0.1) is 21.5 Å². The SMILES string of the molecule is CCCNCc1cc(S(=O)(=O)Nc2nncs2)c(C)s1. The number of aryl methyl sites for hydroxylation is 1. The summed E-state index contributed by atoms with van der Waals surface area (Å²) in [6.07, 6.45) is 1.05. The maximum atomic E-state index is 12.3. The third-order valence-electron chi connectivity index (χ3n) is 2.52. The molecular formula is C11H16N4O2S3. The summed E-state index contributed by atoms with van der Waals surface area (Å²) in [7, 11) is -3.58. The quantitative estimate of drug-likeness (QED) is 0.760. The van der Waals surface area contributed by atoms with Gasteiger partial charge < -0.3 is 5.32 Å². The minimum Gasteiger partial charge on any atom is -0.312 e. The van der Waals surface area contributed by atoms with Crippen LogP contribution < -0.4 is 10.0 Å². The first-order chi connectivity index (χ1) is 9.53. The summed E-state index contributed by atoms with van der Waals surface area (Å²) in [6.45, 7) is 5.51. The number of hydrogen-bond donors (Lipinski definition) is 2. The summed E-state index contributed by atoms with van der Waals surface area (Å²) in [4.78, 5) is 2.09. The Balaban J connectivity index is 2.15. The Morgan fingerprint density at radius 3 is 2.85 bits per heavy atom. The summed E-state index contributed by atoms with van der Waals surface area (Å²) in [5, 5.41) is 10.8. The van der Waals surface area contributed by atoms with Crippen LogP contribution in [0.5, 0.6) is 0 Å². The second-order valence-corrected chi connectivity index (χ2v) is 7.98. The molecule has 20 heavy (non-hydrogen) atoms. The zero-order chi connectivity index (χ0) is 14.6. The van der Waals surface area contributed by atoms with Gasteiger partial charge in [0.25, 0.3) is 10.0 Å². The lowest BCUT2D eigenvalue weighted by Crippen LogP contribution is -2.14. The molecule has 2 heterocycles. The van der Waals surface area contributed by atoms with E-state index in [4.69, 9.17) is 0 Å². The van der Waals surface area contributed by atoms with Crippen LogP contribution in [-0.4, -0.2) is 25.2 Å². The van der Waals surface area contributed by atoms with Crippen molar-refractivity contribution in [3.8, 4) is 0 Å². The zero-order valence-electron chi connectivity index (χ0n) is 11.2. The van der Waals surface area contributed by atoms with E-state index in [2.05, 4.69) is 27.2 Å². The van der Waals surface area contributed by atoms with Gasteiger partial charge in [0.1, 0.15) is 10.4 Å². The molecule has 0 aliphatic heterocycles. The van der Waals surface area contributed by atoms with Crippen molar-refractivity contribution in [2.75, 3.05) is 11.3 Å². The molecule has 0 unspecified atom stereocenters. The van der Waals surface area contributed by atoms with E-state index < -0.39 is 10.0 Å². The van der Waals surface area contributed by atoms with Crippen molar-refractivity contribution >= 4 is 37.8 Å². The topological polar surface area (TPSA) is 84.0 Å². The van der Waals surface area contributed by atoms with Crippen molar-refractivity contribution in [1.29, 1.82) is 0 Å². The number of hydrogen-bond acceptors (Lipinski definition) is 7. The lowest BCUT2D eigenvalue weighted by molar-refractivity contribution is 0.601. The first kappa shape index (κ1) is 15.4. The van der Waals surface area contributed by atoms with Crippen LogP contribution in [0.4, 0.5) is 5.13 Å². The van der Waals surface area contributed by atoms with Gasteiger partial charge in [0.05, 0.1) is 0 Å². The number of rotatable bonds is 7. The largest absolute Gasteiger partial charge is 0.312 e. The van der Waals surface area contributed by atoms with E-state index >= 15 is 0 Å². The van der Waals surface area contributed by atoms with E-state index in [0.29, 0.717) is 11.4 Å². The van der Waals surface area contributed by atoms with E-state index in [0.717, 1.165) is 34.1 Å². The van der Waals surface area contributed by atoms with Crippen molar-refractivity contribution in [3.05, 3.63) is 21.3 Å². The average Bonchev–Trinajstić information content (AvgIpc) is 2.99. The molecule has 0 saturated carbocycles. The summed E-state index contributed by atoms with van der Waals surface area (Å²) >= 11 is 2.64. The standard InChI is InChI=1S/C11H16N4O2S3/c1-3-4-12-6-9-5-10(8(2)19-9)20(16,17)15-11-14-13-7-18-11/h5,7,12H,3-4,6H2,1-2H3,(H,14,15). The summed E-state index contributed by atoms with van der Waals surface area (Å²) in [5.41, 5.74) is 1.48. The molecule has 0 aliphatic carbocycles. The normalized spacial score (nSPS) is 11.7. The first-order valence-corrected chi connectivity index (χ1v) is 9.30. The van der Waals surface area contributed by atoms with Crippen molar-refractivity contribution < 1.29 is 8.42 Å². The van der Waals surface area contributed by atoms with Crippen molar-refractivity contribution in [1.82, 2.24) is 15.5 Å². The number of nitrogens with one attached hydrogen (secondary N) is 2. The first-order valence-electron chi connectivity index (χ1n) is 6.12. The molecule has 0 saturated heterocycles. The van der Waals surface area contributed by atoms with Gasteiger partial charge in [-0.05, 0) is 26.0 Å². The molecule has 0 aliphatic rings. The fourth-order valence-electron chi connectivity index (χ4n) is 1.65. The molecule has 6 nitrogen and oxygen atoms in total. The Hall–Kier alpha value is -1.03. The second-order valence-electron chi connectivity index (χ2n) is 4.16. The van der Waals surface area contributed by atoms with E-state index in [9.17, 15) is 8.42 Å². The van der Waals surface area contributed by atoms with Gasteiger partial charge >= 0.3 is 0 Å². The van der Waals surface area contributed by atoms with Gasteiger partial charge in [-0.2, -0.15) is 0 Å². The van der Waals surface area contributed by atoms with Crippen molar-refractivity contribution in [2.24, 2.45) is 0 Å². The predicted octanol–water partition coefficient (Wildman–Crippen LogP) is 2.21. The Bertz CT molecular complexity index is 649. The van der Waals surface area contributed by atoms with Crippen molar-refractivity contribution in [2.45, 2.75) is 31.7 Å². The lowest BCUT2D eigenvalue weighted by Gasteiger charge is -2.03. The average molecular weight is 332 g/mol. The number of thiophene rings is 1. The van der Waals surface area contributed by atoms with Gasteiger partial charge in [0.15, 0.2) is 0 Å². The van der Waals surface area contributed by atoms with Gasteiger partial charge in [0, 0.05) is 16.3 Å². The highest BCUT2D eigenvalue weighted by Crippen LogP contribution is 2.27. The van der Waals surface area contributed by atoms with Crippen LogP contribution in [0.15, 0.2) is 16.5 Å². The molecule has 0 bridgehead atoms. The van der Waals surface area contributed by atoms with Crippen molar-refractivity contribution in [3.63, 3.8) is 0 Å². The number of nitrogens with zero attached hydrogens (tertiary/aromatic N) is 2. The summed E-state index contributed by atoms with van der Waals surface area (Å²) in [5.74, 6) is 0. The molecule has 0 radical (unpaired) electrons. The smallest absolute Gasteiger partial charge is 0.264 e. The summed E-state index contributed by atoms with van der Waals surface area (Å²) in [6, 6.07) is 1.71. The third-order valence-corrected chi connectivity index (χ3v) is 5.90. The van der Waals surface area contributed by atoms with E-state index in [1.807, 2.05) is 6.92 Å². The molecule has 0 atom stereocenters. The van der Waals surface area contributed by atoms with Crippen LogP contribution in [0.1, 0.15) is 23.1 Å². The molecule has 0 amide bonds. The highest BCUT2D eigenvalue weighted by molar-refractivity contribution is 7.93. The fraction of sp³-hybridized carbons (Fsp3) is 0.455. The molecular weight excluding hydrogens is 316 g/mol.